The van der Waals surface area contributed by atoms with Crippen molar-refractivity contribution in [1.82, 2.24) is 0 Å². The molecule has 0 fully saturated rings. The van der Waals surface area contributed by atoms with Crippen molar-refractivity contribution < 1.29 is 9.90 Å². The second kappa shape index (κ2) is 5.54. The molecule has 0 amide bonds. The molecule has 0 radical (unpaired) electrons. The smallest absolute Gasteiger partial charge is 0.306 e. The first-order valence-electron chi connectivity index (χ1n) is 5.44. The van der Waals surface area contributed by atoms with Crippen LogP contribution in [0, 0.1) is 5.92 Å². The first-order valence-corrected chi connectivity index (χ1v) is 5.44. The molecule has 2 heteroatoms. The summed E-state index contributed by atoms with van der Waals surface area (Å²) >= 11 is 0. The monoisotopic (exact) mass is 206 g/mol. The van der Waals surface area contributed by atoms with E-state index in [4.69, 9.17) is 5.11 Å². The fraction of sp³-hybridized carbons (Fsp3) is 0.462. The Labute approximate surface area is 90.9 Å². The molecule has 0 unspecified atom stereocenters. The summed E-state index contributed by atoms with van der Waals surface area (Å²) in [5, 5.41) is 9.04. The topological polar surface area (TPSA) is 37.3 Å². The SMILES string of the molecule is CCC[C@@H](c1ccccc1)[C@H](C)C(=O)O. The number of hydrogen-bond acceptors (Lipinski definition) is 1. The highest BCUT2D eigenvalue weighted by molar-refractivity contribution is 5.70. The van der Waals surface area contributed by atoms with Gasteiger partial charge in [-0.25, -0.2) is 0 Å². The normalized spacial score (nSPS) is 14.5. The number of benzene rings is 1. The van der Waals surface area contributed by atoms with Crippen LogP contribution in [0.25, 0.3) is 0 Å². The van der Waals surface area contributed by atoms with E-state index in [1.54, 1.807) is 6.92 Å². The van der Waals surface area contributed by atoms with Crippen molar-refractivity contribution in [3.63, 3.8) is 0 Å². The van der Waals surface area contributed by atoms with Gasteiger partial charge in [0, 0.05) is 0 Å². The zero-order valence-electron chi connectivity index (χ0n) is 9.31. The molecule has 0 spiro atoms. The fourth-order valence-electron chi connectivity index (χ4n) is 1.89. The van der Waals surface area contributed by atoms with Crippen molar-refractivity contribution in [2.45, 2.75) is 32.6 Å². The van der Waals surface area contributed by atoms with E-state index in [9.17, 15) is 4.79 Å². The summed E-state index contributed by atoms with van der Waals surface area (Å²) in [4.78, 5) is 11.0. The number of carboxylic acids is 1. The maximum absolute atomic E-state index is 11.0. The van der Waals surface area contributed by atoms with Gasteiger partial charge in [-0.3, -0.25) is 4.79 Å². The van der Waals surface area contributed by atoms with Crippen LogP contribution in [0.3, 0.4) is 0 Å². The number of hydrogen-bond donors (Lipinski definition) is 1. The van der Waals surface area contributed by atoms with Crippen molar-refractivity contribution in [3.8, 4) is 0 Å². The third-order valence-electron chi connectivity index (χ3n) is 2.82. The zero-order chi connectivity index (χ0) is 11.3. The quantitative estimate of drug-likeness (QED) is 0.802. The van der Waals surface area contributed by atoms with E-state index in [1.807, 2.05) is 30.3 Å². The van der Waals surface area contributed by atoms with E-state index in [0.29, 0.717) is 0 Å². The van der Waals surface area contributed by atoms with Crippen molar-refractivity contribution in [2.24, 2.45) is 5.92 Å². The van der Waals surface area contributed by atoms with Gasteiger partial charge >= 0.3 is 5.97 Å². The van der Waals surface area contributed by atoms with Gasteiger partial charge in [0.05, 0.1) is 5.92 Å². The van der Waals surface area contributed by atoms with Gasteiger partial charge in [0.2, 0.25) is 0 Å². The highest BCUT2D eigenvalue weighted by atomic mass is 16.4. The molecule has 1 rings (SSSR count). The molecule has 82 valence electrons. The van der Waals surface area contributed by atoms with Crippen molar-refractivity contribution >= 4 is 5.97 Å². The van der Waals surface area contributed by atoms with Gasteiger partial charge in [0.1, 0.15) is 0 Å². The van der Waals surface area contributed by atoms with Crippen LogP contribution in [-0.4, -0.2) is 11.1 Å². The minimum Gasteiger partial charge on any atom is -0.481 e. The lowest BCUT2D eigenvalue weighted by molar-refractivity contribution is -0.141. The van der Waals surface area contributed by atoms with E-state index in [0.717, 1.165) is 18.4 Å². The third-order valence-corrected chi connectivity index (χ3v) is 2.82. The first-order chi connectivity index (χ1) is 7.16. The summed E-state index contributed by atoms with van der Waals surface area (Å²) in [5.41, 5.74) is 1.13. The highest BCUT2D eigenvalue weighted by Crippen LogP contribution is 2.29. The lowest BCUT2D eigenvalue weighted by atomic mass is 9.84. The largest absolute Gasteiger partial charge is 0.481 e. The molecule has 15 heavy (non-hydrogen) atoms. The molecule has 1 aromatic rings. The molecule has 0 aromatic heterocycles. The van der Waals surface area contributed by atoms with Gasteiger partial charge in [0.25, 0.3) is 0 Å². The van der Waals surface area contributed by atoms with Gasteiger partial charge < -0.3 is 5.11 Å². The summed E-state index contributed by atoms with van der Waals surface area (Å²) in [6.45, 7) is 3.88. The Bertz CT molecular complexity index is 306. The molecule has 0 aliphatic heterocycles. The molecular weight excluding hydrogens is 188 g/mol. The molecule has 0 aliphatic carbocycles. The number of rotatable bonds is 5. The van der Waals surface area contributed by atoms with E-state index >= 15 is 0 Å². The number of carbonyl (C=O) groups is 1. The Balaban J connectivity index is 2.87. The lowest BCUT2D eigenvalue weighted by Gasteiger charge is -2.20. The highest BCUT2D eigenvalue weighted by Gasteiger charge is 2.23. The Morgan fingerprint density at radius 1 is 1.33 bits per heavy atom. The van der Waals surface area contributed by atoms with Gasteiger partial charge in [-0.1, -0.05) is 50.6 Å². The molecule has 2 nitrogen and oxygen atoms in total. The molecule has 0 heterocycles. The fourth-order valence-corrected chi connectivity index (χ4v) is 1.89. The molecule has 0 saturated carbocycles. The Hall–Kier alpha value is -1.31. The molecule has 0 bridgehead atoms. The zero-order valence-corrected chi connectivity index (χ0v) is 9.31. The third kappa shape index (κ3) is 3.08. The second-order valence-corrected chi connectivity index (χ2v) is 3.93. The maximum atomic E-state index is 11.0. The minimum absolute atomic E-state index is 0.133. The molecule has 0 saturated heterocycles. The van der Waals surface area contributed by atoms with Gasteiger partial charge in [-0.2, -0.15) is 0 Å². The minimum atomic E-state index is -0.711. The average molecular weight is 206 g/mol. The summed E-state index contributed by atoms with van der Waals surface area (Å²) in [6.07, 6.45) is 1.94. The Kier molecular flexibility index (Phi) is 4.35. The van der Waals surface area contributed by atoms with E-state index < -0.39 is 5.97 Å². The summed E-state index contributed by atoms with van der Waals surface area (Å²) in [6, 6.07) is 9.91. The van der Waals surface area contributed by atoms with Gasteiger partial charge in [-0.05, 0) is 17.9 Å². The molecule has 1 aromatic carbocycles. The predicted molar refractivity (Wildman–Crippen MR) is 60.9 cm³/mol. The molecule has 0 aliphatic rings. The second-order valence-electron chi connectivity index (χ2n) is 3.93. The maximum Gasteiger partial charge on any atom is 0.306 e. The standard InChI is InChI=1S/C13H18O2/c1-3-7-12(10(2)13(14)15)11-8-5-4-6-9-11/h4-6,8-10,12H,3,7H2,1-2H3,(H,14,15)/t10-,12+/m0/s1. The van der Waals surface area contributed by atoms with Crippen LogP contribution in [0.4, 0.5) is 0 Å². The lowest BCUT2D eigenvalue weighted by Crippen LogP contribution is -2.18. The van der Waals surface area contributed by atoms with E-state index in [1.165, 1.54) is 0 Å². The van der Waals surface area contributed by atoms with Crippen LogP contribution in [0.15, 0.2) is 30.3 Å². The van der Waals surface area contributed by atoms with Crippen LogP contribution in [0.1, 0.15) is 38.2 Å². The van der Waals surface area contributed by atoms with Gasteiger partial charge in [-0.15, -0.1) is 0 Å². The Morgan fingerprint density at radius 3 is 2.40 bits per heavy atom. The number of carboxylic acid groups (broad SMARTS) is 1. The van der Waals surface area contributed by atoms with Crippen LogP contribution < -0.4 is 0 Å². The van der Waals surface area contributed by atoms with Crippen molar-refractivity contribution in [2.75, 3.05) is 0 Å². The molecular formula is C13H18O2. The van der Waals surface area contributed by atoms with Gasteiger partial charge in [0.15, 0.2) is 0 Å². The van der Waals surface area contributed by atoms with Crippen LogP contribution in [0.2, 0.25) is 0 Å². The summed E-state index contributed by atoms with van der Waals surface area (Å²) in [7, 11) is 0. The first kappa shape index (κ1) is 11.8. The van der Waals surface area contributed by atoms with Crippen LogP contribution >= 0.6 is 0 Å². The molecule has 2 atom stereocenters. The summed E-state index contributed by atoms with van der Waals surface area (Å²) < 4.78 is 0. The predicted octanol–water partition coefficient (Wildman–Crippen LogP) is 3.29. The van der Waals surface area contributed by atoms with Crippen LogP contribution in [0.5, 0.6) is 0 Å². The van der Waals surface area contributed by atoms with E-state index in [2.05, 4.69) is 6.92 Å². The summed E-state index contributed by atoms with van der Waals surface area (Å²) in [5.74, 6) is -0.890. The van der Waals surface area contributed by atoms with Crippen molar-refractivity contribution in [1.29, 1.82) is 0 Å². The average Bonchev–Trinajstić information content (AvgIpc) is 2.26. The number of aliphatic carboxylic acids is 1. The van der Waals surface area contributed by atoms with Crippen molar-refractivity contribution in [3.05, 3.63) is 35.9 Å². The molecule has 1 N–H and O–H groups in total. The van der Waals surface area contributed by atoms with Crippen LogP contribution in [-0.2, 0) is 4.79 Å². The Morgan fingerprint density at radius 2 is 1.93 bits per heavy atom. The van der Waals surface area contributed by atoms with E-state index in [-0.39, 0.29) is 11.8 Å².